The van der Waals surface area contributed by atoms with Gasteiger partial charge in [-0.05, 0) is 35.9 Å². The average molecular weight is 393 g/mol. The molecular formula is C19H14F3NO3S. The van der Waals surface area contributed by atoms with Gasteiger partial charge in [0.15, 0.2) is 5.78 Å². The molecule has 1 N–H and O–H groups in total. The molecule has 0 aromatic heterocycles. The Morgan fingerprint density at radius 2 is 1.85 bits per heavy atom. The van der Waals surface area contributed by atoms with Crippen molar-refractivity contribution in [2.24, 2.45) is 0 Å². The second-order valence-corrected chi connectivity index (χ2v) is 6.84. The third-order valence-corrected chi connectivity index (χ3v) is 5.03. The normalized spacial score (nSPS) is 18.3. The molecule has 2 aliphatic rings. The lowest BCUT2D eigenvalue weighted by Gasteiger charge is -2.21. The molecule has 1 aliphatic carbocycles. The van der Waals surface area contributed by atoms with Crippen LogP contribution in [0.1, 0.15) is 10.4 Å². The van der Waals surface area contributed by atoms with Gasteiger partial charge in [0.25, 0.3) is 5.91 Å². The van der Waals surface area contributed by atoms with E-state index in [9.17, 15) is 22.8 Å². The molecule has 4 nitrogen and oxygen atoms in total. The number of rotatable bonds is 5. The Morgan fingerprint density at radius 1 is 1.11 bits per heavy atom. The molecule has 1 atom stereocenters. The van der Waals surface area contributed by atoms with Gasteiger partial charge in [-0.25, -0.2) is 0 Å². The van der Waals surface area contributed by atoms with Gasteiger partial charge in [-0.3, -0.25) is 9.59 Å². The number of hydrogen-bond acceptors (Lipinski definition) is 4. The molecule has 0 spiro atoms. The number of benzene rings is 1. The van der Waals surface area contributed by atoms with Crippen LogP contribution >= 0.6 is 11.8 Å². The first-order chi connectivity index (χ1) is 12.8. The van der Waals surface area contributed by atoms with Crippen molar-refractivity contribution >= 4 is 23.5 Å². The summed E-state index contributed by atoms with van der Waals surface area (Å²) in [6.07, 6.45) is 6.60. The monoisotopic (exact) mass is 393 g/mol. The lowest BCUT2D eigenvalue weighted by atomic mass is 10.1. The molecule has 1 aromatic rings. The number of ketones is 1. The van der Waals surface area contributed by atoms with E-state index in [0.717, 1.165) is 17.7 Å². The van der Waals surface area contributed by atoms with E-state index in [4.69, 9.17) is 0 Å². The molecule has 8 heteroatoms. The molecule has 0 radical (unpaired) electrons. The number of allylic oxidation sites excluding steroid dienone is 5. The molecule has 0 saturated carbocycles. The maximum atomic E-state index is 12.3. The van der Waals surface area contributed by atoms with E-state index in [2.05, 4.69) is 10.1 Å². The molecule has 1 amide bonds. The first-order valence-corrected chi connectivity index (χ1v) is 8.80. The Bertz CT molecular complexity index is 867. The van der Waals surface area contributed by atoms with Gasteiger partial charge >= 0.3 is 6.36 Å². The number of carbonyl (C=O) groups is 2. The van der Waals surface area contributed by atoms with Gasteiger partial charge in [-0.15, -0.1) is 24.9 Å². The van der Waals surface area contributed by atoms with E-state index in [1.165, 1.54) is 23.9 Å². The largest absolute Gasteiger partial charge is 0.573 e. The summed E-state index contributed by atoms with van der Waals surface area (Å²) >= 11 is 1.41. The number of alkyl halides is 3. The third kappa shape index (κ3) is 5.13. The number of halogens is 3. The molecule has 0 fully saturated rings. The zero-order valence-corrected chi connectivity index (χ0v) is 14.6. The van der Waals surface area contributed by atoms with Crippen LogP contribution in [0.2, 0.25) is 0 Å². The summed E-state index contributed by atoms with van der Waals surface area (Å²) in [6.45, 7) is -0.200. The minimum absolute atomic E-state index is 0.0795. The maximum Gasteiger partial charge on any atom is 0.573 e. The molecule has 1 unspecified atom stereocenters. The highest BCUT2D eigenvalue weighted by molar-refractivity contribution is 8.05. The zero-order valence-electron chi connectivity index (χ0n) is 13.8. The first kappa shape index (κ1) is 19.0. The molecular weight excluding hydrogens is 379 g/mol. The standard InChI is InChI=1S/C19H14F3NO3S/c20-19(21,22)26-14-8-5-13(6-9-14)18(25)23-11-15(24)17-10-7-12-3-1-2-4-16(12)27-17/h1-10,16H,11H2,(H,23,25). The smallest absolute Gasteiger partial charge is 0.406 e. The number of amides is 1. The van der Waals surface area contributed by atoms with Crippen LogP contribution in [0.5, 0.6) is 5.75 Å². The SMILES string of the molecule is O=C(CNC(=O)c1ccc(OC(F)(F)F)cc1)C1=CC=C2C=CC=CC2S1. The van der Waals surface area contributed by atoms with Crippen molar-refractivity contribution < 1.29 is 27.5 Å². The van der Waals surface area contributed by atoms with Crippen molar-refractivity contribution in [3.05, 3.63) is 76.8 Å². The fourth-order valence-corrected chi connectivity index (χ4v) is 3.55. The minimum atomic E-state index is -4.79. The van der Waals surface area contributed by atoms with Gasteiger partial charge in [0.1, 0.15) is 5.75 Å². The van der Waals surface area contributed by atoms with Gasteiger partial charge in [-0.2, -0.15) is 0 Å². The van der Waals surface area contributed by atoms with Crippen LogP contribution in [-0.4, -0.2) is 29.8 Å². The number of thioether (sulfide) groups is 1. The summed E-state index contributed by atoms with van der Waals surface area (Å²) in [4.78, 5) is 24.9. The number of carbonyl (C=O) groups excluding carboxylic acids is 2. The van der Waals surface area contributed by atoms with Crippen molar-refractivity contribution in [3.63, 3.8) is 0 Å². The van der Waals surface area contributed by atoms with Crippen LogP contribution in [-0.2, 0) is 4.79 Å². The summed E-state index contributed by atoms with van der Waals surface area (Å²) in [5.74, 6) is -1.21. The van der Waals surface area contributed by atoms with Crippen LogP contribution in [0.3, 0.4) is 0 Å². The van der Waals surface area contributed by atoms with Crippen LogP contribution < -0.4 is 10.1 Å². The van der Waals surface area contributed by atoms with Gasteiger partial charge in [0, 0.05) is 5.56 Å². The van der Waals surface area contributed by atoms with Crippen molar-refractivity contribution in [2.75, 3.05) is 6.54 Å². The van der Waals surface area contributed by atoms with Crippen LogP contribution in [0.4, 0.5) is 13.2 Å². The van der Waals surface area contributed by atoms with Crippen LogP contribution in [0, 0.1) is 0 Å². The Balaban J connectivity index is 1.55. The number of hydrogen-bond donors (Lipinski definition) is 1. The van der Waals surface area contributed by atoms with Gasteiger partial charge in [0.2, 0.25) is 0 Å². The van der Waals surface area contributed by atoms with Gasteiger partial charge < -0.3 is 10.1 Å². The lowest BCUT2D eigenvalue weighted by Crippen LogP contribution is -2.30. The quantitative estimate of drug-likeness (QED) is 0.824. The highest BCUT2D eigenvalue weighted by Crippen LogP contribution is 2.34. The Morgan fingerprint density at radius 3 is 2.56 bits per heavy atom. The molecule has 1 heterocycles. The van der Waals surface area contributed by atoms with Gasteiger partial charge in [0.05, 0.1) is 16.7 Å². The van der Waals surface area contributed by atoms with E-state index in [1.807, 2.05) is 30.4 Å². The fourth-order valence-electron chi connectivity index (χ4n) is 2.46. The van der Waals surface area contributed by atoms with E-state index in [1.54, 1.807) is 6.08 Å². The van der Waals surface area contributed by atoms with Crippen molar-refractivity contribution in [2.45, 2.75) is 11.6 Å². The lowest BCUT2D eigenvalue weighted by molar-refractivity contribution is -0.274. The highest BCUT2D eigenvalue weighted by atomic mass is 32.2. The minimum Gasteiger partial charge on any atom is -0.406 e. The van der Waals surface area contributed by atoms with Crippen molar-refractivity contribution in [3.8, 4) is 5.75 Å². The maximum absolute atomic E-state index is 12.3. The van der Waals surface area contributed by atoms with Crippen LogP contribution in [0.25, 0.3) is 0 Å². The summed E-state index contributed by atoms with van der Waals surface area (Å²) in [7, 11) is 0. The van der Waals surface area contributed by atoms with Crippen LogP contribution in [0.15, 0.2) is 71.2 Å². The molecule has 3 rings (SSSR count). The number of nitrogens with one attached hydrogen (secondary N) is 1. The van der Waals surface area contributed by atoms with Gasteiger partial charge in [-0.1, -0.05) is 30.4 Å². The van der Waals surface area contributed by atoms with E-state index >= 15 is 0 Å². The van der Waals surface area contributed by atoms with Crippen molar-refractivity contribution in [1.82, 2.24) is 5.32 Å². The second kappa shape index (κ2) is 7.87. The van der Waals surface area contributed by atoms with Crippen molar-refractivity contribution in [1.29, 1.82) is 0 Å². The summed E-state index contributed by atoms with van der Waals surface area (Å²) in [5.41, 5.74) is 1.23. The first-order valence-electron chi connectivity index (χ1n) is 7.92. The topological polar surface area (TPSA) is 55.4 Å². The highest BCUT2D eigenvalue weighted by Gasteiger charge is 2.31. The summed E-state index contributed by atoms with van der Waals surface area (Å²) in [6, 6.07) is 4.48. The van der Waals surface area contributed by atoms with E-state index in [0.29, 0.717) is 4.91 Å². The Kier molecular flexibility index (Phi) is 5.55. The number of fused-ring (bicyclic) bond motifs is 1. The number of ether oxygens (including phenoxy) is 1. The fraction of sp³-hybridized carbons (Fsp3) is 0.158. The Hall–Kier alpha value is -2.74. The molecule has 1 aromatic carbocycles. The summed E-state index contributed by atoms with van der Waals surface area (Å²) in [5, 5.41) is 2.56. The zero-order chi connectivity index (χ0) is 19.4. The molecule has 0 bridgehead atoms. The predicted molar refractivity (Wildman–Crippen MR) is 96.3 cm³/mol. The average Bonchev–Trinajstić information content (AvgIpc) is 2.64. The molecule has 27 heavy (non-hydrogen) atoms. The third-order valence-electron chi connectivity index (χ3n) is 3.73. The molecule has 1 aliphatic heterocycles. The predicted octanol–water partition coefficient (Wildman–Crippen LogP) is 3.94. The number of Topliss-reactive ketones (excluding diaryl/α,β-unsaturated/α-hetero) is 1. The molecule has 0 saturated heterocycles. The Labute approximate surface area is 157 Å². The van der Waals surface area contributed by atoms with E-state index < -0.39 is 18.0 Å². The van der Waals surface area contributed by atoms with E-state index in [-0.39, 0.29) is 23.1 Å². The molecule has 140 valence electrons. The second-order valence-electron chi connectivity index (χ2n) is 5.66. The summed E-state index contributed by atoms with van der Waals surface area (Å²) < 4.78 is 40.1.